The number of alkyl halides is 1. The van der Waals surface area contributed by atoms with E-state index < -0.39 is 18.2 Å². The number of thiophene rings is 1. The zero-order valence-electron chi connectivity index (χ0n) is 17.5. The predicted octanol–water partition coefficient (Wildman–Crippen LogP) is 2.68. The van der Waals surface area contributed by atoms with Crippen LogP contribution in [0.4, 0.5) is 0 Å². The molecular formula is C23H26ClN3O4S. The van der Waals surface area contributed by atoms with E-state index in [-0.39, 0.29) is 35.8 Å². The van der Waals surface area contributed by atoms with Gasteiger partial charge in [0.15, 0.2) is 0 Å². The van der Waals surface area contributed by atoms with Gasteiger partial charge in [0.1, 0.15) is 12.1 Å². The van der Waals surface area contributed by atoms with Crippen molar-refractivity contribution in [3.05, 3.63) is 41.5 Å². The molecule has 3 fully saturated rings. The third kappa shape index (κ3) is 4.05. The number of halogens is 1. The summed E-state index contributed by atoms with van der Waals surface area (Å²) in [6.07, 6.45) is 6.21. The number of aliphatic hydroxyl groups is 1. The molecule has 0 unspecified atom stereocenters. The summed E-state index contributed by atoms with van der Waals surface area (Å²) < 4.78 is 5.62. The SMILES string of the molecule is O=C(N[C@H](C(=O)N1C[C@H](Cl)[C@H]2OC[C@H](O)[C@H]21)C1CCCC1)c1ccc(-c2ccncc2)s1. The van der Waals surface area contributed by atoms with E-state index in [1.165, 1.54) is 11.3 Å². The number of carbonyl (C=O) groups excluding carboxylic acids is 2. The fraction of sp³-hybridized carbons (Fsp3) is 0.522. The van der Waals surface area contributed by atoms with Gasteiger partial charge in [-0.3, -0.25) is 14.6 Å². The molecule has 0 radical (unpaired) electrons. The molecule has 7 nitrogen and oxygen atoms in total. The first-order chi connectivity index (χ1) is 15.5. The van der Waals surface area contributed by atoms with Crippen LogP contribution in [0.3, 0.4) is 0 Å². The zero-order valence-corrected chi connectivity index (χ0v) is 19.1. The molecule has 2 amide bonds. The Morgan fingerprint density at radius 1 is 1.22 bits per heavy atom. The maximum Gasteiger partial charge on any atom is 0.262 e. The fourth-order valence-corrected chi connectivity index (χ4v) is 6.46. The average Bonchev–Trinajstić information content (AvgIpc) is 3.59. The van der Waals surface area contributed by atoms with Gasteiger partial charge in [-0.2, -0.15) is 0 Å². The highest BCUT2D eigenvalue weighted by molar-refractivity contribution is 7.17. The van der Waals surface area contributed by atoms with Gasteiger partial charge in [-0.1, -0.05) is 12.8 Å². The molecule has 2 N–H and O–H groups in total. The second kappa shape index (κ2) is 9.09. The first kappa shape index (κ1) is 21.8. The zero-order chi connectivity index (χ0) is 22.2. The van der Waals surface area contributed by atoms with Crippen molar-refractivity contribution < 1.29 is 19.4 Å². The van der Waals surface area contributed by atoms with E-state index in [0.29, 0.717) is 11.4 Å². The molecule has 1 saturated carbocycles. The molecule has 4 heterocycles. The lowest BCUT2D eigenvalue weighted by Crippen LogP contribution is -2.55. The second-order valence-corrected chi connectivity index (χ2v) is 10.4. The maximum absolute atomic E-state index is 13.6. The second-order valence-electron chi connectivity index (χ2n) is 8.76. The third-order valence-corrected chi connectivity index (χ3v) is 8.30. The van der Waals surface area contributed by atoms with Gasteiger partial charge in [-0.15, -0.1) is 22.9 Å². The van der Waals surface area contributed by atoms with Gasteiger partial charge in [-0.25, -0.2) is 0 Å². The molecule has 32 heavy (non-hydrogen) atoms. The fourth-order valence-electron chi connectivity index (χ4n) is 5.17. The number of pyridine rings is 1. The topological polar surface area (TPSA) is 91.8 Å². The van der Waals surface area contributed by atoms with Crippen molar-refractivity contribution in [2.45, 2.75) is 55.4 Å². The van der Waals surface area contributed by atoms with Crippen LogP contribution < -0.4 is 5.32 Å². The van der Waals surface area contributed by atoms with Crippen LogP contribution in [0.15, 0.2) is 36.7 Å². The van der Waals surface area contributed by atoms with Crippen molar-refractivity contribution in [3.8, 4) is 10.4 Å². The Kier molecular flexibility index (Phi) is 6.20. The van der Waals surface area contributed by atoms with Crippen molar-refractivity contribution >= 4 is 34.8 Å². The minimum atomic E-state index is -0.757. The Balaban J connectivity index is 1.35. The summed E-state index contributed by atoms with van der Waals surface area (Å²) in [6.45, 7) is 0.493. The minimum absolute atomic E-state index is 0.0818. The predicted molar refractivity (Wildman–Crippen MR) is 122 cm³/mol. The number of amides is 2. The largest absolute Gasteiger partial charge is 0.388 e. The molecule has 2 aliphatic heterocycles. The van der Waals surface area contributed by atoms with Crippen molar-refractivity contribution in [3.63, 3.8) is 0 Å². The van der Waals surface area contributed by atoms with Crippen LogP contribution in [0.25, 0.3) is 10.4 Å². The molecule has 2 aromatic heterocycles. The molecule has 0 bridgehead atoms. The summed E-state index contributed by atoms with van der Waals surface area (Å²) in [5, 5.41) is 13.1. The summed E-state index contributed by atoms with van der Waals surface area (Å²) in [5.41, 5.74) is 0.999. The van der Waals surface area contributed by atoms with E-state index in [2.05, 4.69) is 10.3 Å². The van der Waals surface area contributed by atoms with Crippen molar-refractivity contribution in [2.24, 2.45) is 5.92 Å². The molecule has 0 aromatic carbocycles. The summed E-state index contributed by atoms with van der Waals surface area (Å²) in [4.78, 5) is 34.0. The highest BCUT2D eigenvalue weighted by atomic mass is 35.5. The molecule has 2 saturated heterocycles. The molecule has 5 atom stereocenters. The minimum Gasteiger partial charge on any atom is -0.388 e. The van der Waals surface area contributed by atoms with Crippen LogP contribution >= 0.6 is 22.9 Å². The molecule has 2 aromatic rings. The van der Waals surface area contributed by atoms with Gasteiger partial charge in [0.25, 0.3) is 5.91 Å². The molecular weight excluding hydrogens is 450 g/mol. The van der Waals surface area contributed by atoms with Crippen LogP contribution in [0, 0.1) is 5.92 Å². The van der Waals surface area contributed by atoms with Gasteiger partial charge >= 0.3 is 0 Å². The summed E-state index contributed by atoms with van der Waals surface area (Å²) in [5.74, 6) is -0.334. The highest BCUT2D eigenvalue weighted by Gasteiger charge is 2.53. The van der Waals surface area contributed by atoms with Crippen LogP contribution in [-0.4, -0.2) is 69.6 Å². The van der Waals surface area contributed by atoms with Gasteiger partial charge < -0.3 is 20.1 Å². The summed E-state index contributed by atoms with van der Waals surface area (Å²) >= 11 is 7.82. The lowest BCUT2D eigenvalue weighted by atomic mass is 9.96. The lowest BCUT2D eigenvalue weighted by molar-refractivity contribution is -0.137. The van der Waals surface area contributed by atoms with E-state index in [1.807, 2.05) is 18.2 Å². The van der Waals surface area contributed by atoms with Gasteiger partial charge in [0.05, 0.1) is 29.0 Å². The normalized spacial score (nSPS) is 28.6. The molecule has 170 valence electrons. The molecule has 1 aliphatic carbocycles. The maximum atomic E-state index is 13.6. The quantitative estimate of drug-likeness (QED) is 0.649. The van der Waals surface area contributed by atoms with Crippen molar-refractivity contribution in [1.82, 2.24) is 15.2 Å². The first-order valence-corrected chi connectivity index (χ1v) is 12.3. The standard InChI is InChI=1S/C23H26ClN3O4S/c24-15-11-27(20-16(28)12-31-21(15)20)23(30)19(14-3-1-2-4-14)26-22(29)18-6-5-17(32-18)13-7-9-25-10-8-13/h5-10,14-16,19-21,28H,1-4,11-12H2,(H,26,29)/t15-,16-,19-,20+,21+/m0/s1. The number of aliphatic hydroxyl groups excluding tert-OH is 1. The smallest absolute Gasteiger partial charge is 0.262 e. The number of carbonyl (C=O) groups is 2. The monoisotopic (exact) mass is 475 g/mol. The molecule has 3 aliphatic rings. The van der Waals surface area contributed by atoms with Crippen molar-refractivity contribution in [2.75, 3.05) is 13.2 Å². The van der Waals surface area contributed by atoms with Gasteiger partial charge in [-0.05, 0) is 48.6 Å². The summed E-state index contributed by atoms with van der Waals surface area (Å²) in [6, 6.07) is 6.43. The lowest BCUT2D eigenvalue weighted by Gasteiger charge is -2.32. The Hall–Kier alpha value is -2.00. The number of nitrogens with one attached hydrogen (secondary N) is 1. The van der Waals surface area contributed by atoms with Crippen LogP contribution in [0.2, 0.25) is 0 Å². The number of likely N-dealkylation sites (tertiary alicyclic amines) is 1. The van der Waals surface area contributed by atoms with Gasteiger partial charge in [0.2, 0.25) is 5.91 Å². The van der Waals surface area contributed by atoms with Crippen LogP contribution in [0.5, 0.6) is 0 Å². The molecule has 9 heteroatoms. The Bertz CT molecular complexity index is 981. The highest BCUT2D eigenvalue weighted by Crippen LogP contribution is 2.36. The number of aromatic nitrogens is 1. The van der Waals surface area contributed by atoms with E-state index in [4.69, 9.17) is 16.3 Å². The Morgan fingerprint density at radius 2 is 1.97 bits per heavy atom. The number of fused-ring (bicyclic) bond motifs is 1. The molecule has 5 rings (SSSR count). The van der Waals surface area contributed by atoms with Crippen molar-refractivity contribution in [1.29, 1.82) is 0 Å². The van der Waals surface area contributed by atoms with E-state index in [9.17, 15) is 14.7 Å². The van der Waals surface area contributed by atoms with Crippen LogP contribution in [-0.2, 0) is 9.53 Å². The Morgan fingerprint density at radius 3 is 2.72 bits per heavy atom. The Labute approximate surface area is 195 Å². The number of hydrogen-bond acceptors (Lipinski definition) is 6. The average molecular weight is 476 g/mol. The van der Waals surface area contributed by atoms with E-state index in [0.717, 1.165) is 36.1 Å². The van der Waals surface area contributed by atoms with Crippen LogP contribution in [0.1, 0.15) is 35.4 Å². The number of hydrogen-bond donors (Lipinski definition) is 2. The molecule has 0 spiro atoms. The number of nitrogens with zero attached hydrogens (tertiary/aromatic N) is 2. The first-order valence-electron chi connectivity index (χ1n) is 11.1. The number of rotatable bonds is 5. The third-order valence-electron chi connectivity index (χ3n) is 6.78. The number of ether oxygens (including phenoxy) is 1. The van der Waals surface area contributed by atoms with E-state index >= 15 is 0 Å². The summed E-state index contributed by atoms with van der Waals surface area (Å²) in [7, 11) is 0. The van der Waals surface area contributed by atoms with Gasteiger partial charge in [0, 0.05) is 23.8 Å². The van der Waals surface area contributed by atoms with E-state index in [1.54, 1.807) is 23.4 Å².